The third kappa shape index (κ3) is 7.31. The minimum absolute atomic E-state index is 0.0863. The van der Waals surface area contributed by atoms with Crippen molar-refractivity contribution in [3.05, 3.63) is 23.8 Å². The van der Waals surface area contributed by atoms with Crippen molar-refractivity contribution in [2.75, 3.05) is 20.3 Å². The molecule has 2 N–H and O–H groups in total. The van der Waals surface area contributed by atoms with Crippen LogP contribution in [0.5, 0.6) is 11.5 Å². The van der Waals surface area contributed by atoms with Crippen molar-refractivity contribution in [3.8, 4) is 11.5 Å². The van der Waals surface area contributed by atoms with Crippen LogP contribution < -0.4 is 10.1 Å². The number of hydrogen-bond acceptors (Lipinski definition) is 4. The van der Waals surface area contributed by atoms with Gasteiger partial charge in [-0.3, -0.25) is 4.79 Å². The fraction of sp³-hybridized carbons (Fsp3) is 0.588. The Morgan fingerprint density at radius 1 is 1.23 bits per heavy atom. The molecule has 124 valence electrons. The molecular weight excluding hydrogens is 282 g/mol. The first-order valence-electron chi connectivity index (χ1n) is 7.87. The average molecular weight is 309 g/mol. The summed E-state index contributed by atoms with van der Waals surface area (Å²) in [6, 6.07) is 4.99. The van der Waals surface area contributed by atoms with Crippen LogP contribution in [-0.2, 0) is 16.1 Å². The minimum atomic E-state index is -0.138. The third-order valence-corrected chi connectivity index (χ3v) is 3.36. The van der Waals surface area contributed by atoms with E-state index in [1.807, 2.05) is 0 Å². The molecule has 1 aromatic carbocycles. The SMILES string of the molecule is CCCCCCCOCC(=O)NCc1ccc(O)c(OC)c1. The zero-order valence-electron chi connectivity index (χ0n) is 13.6. The molecule has 0 atom stereocenters. The fourth-order valence-corrected chi connectivity index (χ4v) is 2.06. The van der Waals surface area contributed by atoms with Gasteiger partial charge in [0.25, 0.3) is 0 Å². The van der Waals surface area contributed by atoms with Gasteiger partial charge < -0.3 is 19.9 Å². The molecule has 0 saturated heterocycles. The lowest BCUT2D eigenvalue weighted by molar-refractivity contribution is -0.125. The first-order valence-corrected chi connectivity index (χ1v) is 7.87. The Morgan fingerprint density at radius 3 is 2.73 bits per heavy atom. The molecule has 5 heteroatoms. The Balaban J connectivity index is 2.15. The Morgan fingerprint density at radius 2 is 2.00 bits per heavy atom. The first kappa shape index (κ1) is 18.3. The largest absolute Gasteiger partial charge is 0.504 e. The van der Waals surface area contributed by atoms with E-state index in [2.05, 4.69) is 12.2 Å². The van der Waals surface area contributed by atoms with Gasteiger partial charge in [-0.15, -0.1) is 0 Å². The molecule has 22 heavy (non-hydrogen) atoms. The van der Waals surface area contributed by atoms with Gasteiger partial charge in [0, 0.05) is 13.2 Å². The highest BCUT2D eigenvalue weighted by Crippen LogP contribution is 2.26. The maximum atomic E-state index is 11.7. The van der Waals surface area contributed by atoms with Gasteiger partial charge in [0.1, 0.15) is 6.61 Å². The van der Waals surface area contributed by atoms with Crippen LogP contribution in [-0.4, -0.2) is 31.3 Å². The molecule has 0 saturated carbocycles. The van der Waals surface area contributed by atoms with Crippen LogP contribution in [0, 0.1) is 0 Å². The molecule has 1 amide bonds. The van der Waals surface area contributed by atoms with Crippen LogP contribution in [0.3, 0.4) is 0 Å². The van der Waals surface area contributed by atoms with Crippen LogP contribution in [0.1, 0.15) is 44.6 Å². The summed E-state index contributed by atoms with van der Waals surface area (Å²) in [6.07, 6.45) is 5.88. The van der Waals surface area contributed by atoms with Crippen molar-refractivity contribution in [1.82, 2.24) is 5.32 Å². The molecule has 0 aliphatic heterocycles. The van der Waals surface area contributed by atoms with E-state index in [0.717, 1.165) is 18.4 Å². The number of ether oxygens (including phenoxy) is 2. The summed E-state index contributed by atoms with van der Waals surface area (Å²) >= 11 is 0. The predicted molar refractivity (Wildman–Crippen MR) is 86.1 cm³/mol. The molecule has 0 heterocycles. The minimum Gasteiger partial charge on any atom is -0.504 e. The Bertz CT molecular complexity index is 448. The molecule has 1 rings (SSSR count). The third-order valence-electron chi connectivity index (χ3n) is 3.36. The lowest BCUT2D eigenvalue weighted by Crippen LogP contribution is -2.27. The number of methoxy groups -OCH3 is 1. The lowest BCUT2D eigenvalue weighted by Gasteiger charge is -2.08. The summed E-state index contributed by atoms with van der Waals surface area (Å²) in [5, 5.41) is 12.3. The molecule has 0 spiro atoms. The van der Waals surface area contributed by atoms with Gasteiger partial charge in [-0.05, 0) is 24.1 Å². The molecule has 0 bridgehead atoms. The van der Waals surface area contributed by atoms with E-state index in [1.54, 1.807) is 18.2 Å². The van der Waals surface area contributed by atoms with Crippen molar-refractivity contribution < 1.29 is 19.4 Å². The second kappa shape index (κ2) is 10.9. The number of amides is 1. The molecule has 0 aliphatic rings. The lowest BCUT2D eigenvalue weighted by atomic mass is 10.2. The molecule has 0 aromatic heterocycles. The summed E-state index contributed by atoms with van der Waals surface area (Å²) in [4.78, 5) is 11.7. The maximum absolute atomic E-state index is 11.7. The standard InChI is InChI=1S/C17H27NO4/c1-3-4-5-6-7-10-22-13-17(20)18-12-14-8-9-15(19)16(11-14)21-2/h8-9,11,19H,3-7,10,12-13H2,1-2H3,(H,18,20). The number of nitrogens with one attached hydrogen (secondary N) is 1. The number of unbranched alkanes of at least 4 members (excludes halogenated alkanes) is 4. The highest BCUT2D eigenvalue weighted by Gasteiger charge is 2.05. The van der Waals surface area contributed by atoms with Gasteiger partial charge in [-0.25, -0.2) is 0 Å². The Labute approximate surface area is 132 Å². The van der Waals surface area contributed by atoms with E-state index >= 15 is 0 Å². The first-order chi connectivity index (χ1) is 10.7. The molecule has 1 aromatic rings. The smallest absolute Gasteiger partial charge is 0.246 e. The van der Waals surface area contributed by atoms with Gasteiger partial charge >= 0.3 is 0 Å². The number of phenols is 1. The van der Waals surface area contributed by atoms with Crippen molar-refractivity contribution in [1.29, 1.82) is 0 Å². The average Bonchev–Trinajstić information content (AvgIpc) is 2.53. The number of aromatic hydroxyl groups is 1. The number of hydrogen-bond donors (Lipinski definition) is 2. The Hall–Kier alpha value is -1.75. The maximum Gasteiger partial charge on any atom is 0.246 e. The van der Waals surface area contributed by atoms with E-state index in [-0.39, 0.29) is 18.3 Å². The van der Waals surface area contributed by atoms with Gasteiger partial charge in [-0.2, -0.15) is 0 Å². The summed E-state index contributed by atoms with van der Waals surface area (Å²) in [5.74, 6) is 0.347. The zero-order chi connectivity index (χ0) is 16.2. The summed E-state index contributed by atoms with van der Waals surface area (Å²) < 4.78 is 10.4. The molecule has 0 unspecified atom stereocenters. The van der Waals surface area contributed by atoms with Crippen LogP contribution in [0.15, 0.2) is 18.2 Å². The monoisotopic (exact) mass is 309 g/mol. The fourth-order valence-electron chi connectivity index (χ4n) is 2.06. The van der Waals surface area contributed by atoms with E-state index < -0.39 is 0 Å². The van der Waals surface area contributed by atoms with Gasteiger partial charge in [0.05, 0.1) is 7.11 Å². The normalized spacial score (nSPS) is 10.5. The number of carbonyl (C=O) groups excluding carboxylic acids is 1. The highest BCUT2D eigenvalue weighted by molar-refractivity contribution is 5.77. The van der Waals surface area contributed by atoms with E-state index in [0.29, 0.717) is 18.9 Å². The van der Waals surface area contributed by atoms with E-state index in [9.17, 15) is 9.90 Å². The van der Waals surface area contributed by atoms with Gasteiger partial charge in [-0.1, -0.05) is 38.7 Å². The second-order valence-electron chi connectivity index (χ2n) is 5.25. The zero-order valence-corrected chi connectivity index (χ0v) is 13.6. The van der Waals surface area contributed by atoms with Crippen LogP contribution in [0.4, 0.5) is 0 Å². The number of carbonyl (C=O) groups is 1. The molecular formula is C17H27NO4. The number of benzene rings is 1. The van der Waals surface area contributed by atoms with E-state index in [1.165, 1.54) is 26.4 Å². The van der Waals surface area contributed by atoms with Crippen molar-refractivity contribution >= 4 is 5.91 Å². The summed E-state index contributed by atoms with van der Waals surface area (Å²) in [7, 11) is 1.49. The van der Waals surface area contributed by atoms with Crippen LogP contribution in [0.2, 0.25) is 0 Å². The molecule has 0 aliphatic carbocycles. The topological polar surface area (TPSA) is 67.8 Å². The summed E-state index contributed by atoms with van der Waals surface area (Å²) in [5.41, 5.74) is 0.863. The van der Waals surface area contributed by atoms with Crippen LogP contribution >= 0.6 is 0 Å². The van der Waals surface area contributed by atoms with Crippen molar-refractivity contribution in [2.45, 2.75) is 45.6 Å². The van der Waals surface area contributed by atoms with Gasteiger partial charge in [0.2, 0.25) is 5.91 Å². The summed E-state index contributed by atoms with van der Waals surface area (Å²) in [6.45, 7) is 3.28. The molecule has 0 radical (unpaired) electrons. The number of rotatable bonds is 11. The molecule has 5 nitrogen and oxygen atoms in total. The second-order valence-corrected chi connectivity index (χ2v) is 5.25. The predicted octanol–water partition coefficient (Wildman–Crippen LogP) is 3.00. The Kier molecular flexibility index (Phi) is 9.07. The quantitative estimate of drug-likeness (QED) is 0.617. The van der Waals surface area contributed by atoms with Crippen molar-refractivity contribution in [2.24, 2.45) is 0 Å². The van der Waals surface area contributed by atoms with Gasteiger partial charge in [0.15, 0.2) is 11.5 Å². The van der Waals surface area contributed by atoms with E-state index in [4.69, 9.17) is 9.47 Å². The highest BCUT2D eigenvalue weighted by atomic mass is 16.5. The van der Waals surface area contributed by atoms with Crippen LogP contribution in [0.25, 0.3) is 0 Å². The van der Waals surface area contributed by atoms with Crippen molar-refractivity contribution in [3.63, 3.8) is 0 Å². The number of phenolic OH excluding ortho intramolecular Hbond substituents is 1. The molecule has 0 fully saturated rings.